The van der Waals surface area contributed by atoms with Crippen LogP contribution in [-0.4, -0.2) is 49.6 Å². The topological polar surface area (TPSA) is 118 Å². The Morgan fingerprint density at radius 3 is 2.57 bits per heavy atom. The van der Waals surface area contributed by atoms with Crippen LogP contribution in [0.5, 0.6) is 11.5 Å². The number of amides is 2. The van der Waals surface area contributed by atoms with Crippen molar-refractivity contribution in [3.63, 3.8) is 0 Å². The first-order valence-corrected chi connectivity index (χ1v) is 12.8. The van der Waals surface area contributed by atoms with E-state index in [1.165, 1.54) is 19.3 Å². The summed E-state index contributed by atoms with van der Waals surface area (Å²) in [5.41, 5.74) is 1.35. The first-order valence-electron chi connectivity index (χ1n) is 10.9. The fourth-order valence-electron chi connectivity index (χ4n) is 3.07. The monoisotopic (exact) mass is 559 g/mol. The molecule has 0 aliphatic heterocycles. The number of aromatic nitrogens is 3. The second-order valence-corrected chi connectivity index (χ2v) is 9.82. The number of carbonyl (C=O) groups excluding carboxylic acids is 2. The first kappa shape index (κ1) is 25.5. The quantitative estimate of drug-likeness (QED) is 0.213. The van der Waals surface area contributed by atoms with Crippen molar-refractivity contribution < 1.29 is 18.7 Å². The summed E-state index contributed by atoms with van der Waals surface area (Å²) in [6, 6.07) is 17.4. The molecule has 0 fully saturated rings. The summed E-state index contributed by atoms with van der Waals surface area (Å²) in [4.78, 5) is 35.8. The van der Waals surface area contributed by atoms with Crippen LogP contribution < -0.4 is 29.7 Å². The van der Waals surface area contributed by atoms with E-state index in [1.807, 2.05) is 12.1 Å². The van der Waals surface area contributed by atoms with Crippen molar-refractivity contribution in [2.75, 3.05) is 17.7 Å². The molecule has 11 heteroatoms. The number of hydrogen-bond donors (Lipinski definition) is 3. The maximum absolute atomic E-state index is 14.4. The third kappa shape index (κ3) is 6.99. The molecule has 2 amide bonds. The molecule has 0 bridgehead atoms. The van der Waals surface area contributed by atoms with Gasteiger partial charge >= 0.3 is 219 Å². The Kier molecular flexibility index (Phi) is 8.22. The Hall–Kier alpha value is -4.56. The molecule has 0 unspecified atom stereocenters. The van der Waals surface area contributed by atoms with E-state index in [-0.39, 0.29) is 23.3 Å². The van der Waals surface area contributed by atoms with E-state index >= 15 is 0 Å². The van der Waals surface area contributed by atoms with E-state index in [0.717, 1.165) is 10.5 Å². The molecule has 2 aromatic carbocycles. The zero-order valence-corrected chi connectivity index (χ0v) is 21.5. The summed E-state index contributed by atoms with van der Waals surface area (Å²) < 4.78 is 21.7. The number of halogens is 1. The van der Waals surface area contributed by atoms with Gasteiger partial charge in [-0.25, -0.2) is 0 Å². The van der Waals surface area contributed by atoms with Gasteiger partial charge in [-0.15, -0.1) is 0 Å². The molecule has 9 nitrogen and oxygen atoms in total. The van der Waals surface area contributed by atoms with Gasteiger partial charge in [0.2, 0.25) is 0 Å². The van der Waals surface area contributed by atoms with Crippen molar-refractivity contribution >= 4 is 53.7 Å². The van der Waals surface area contributed by atoms with Crippen LogP contribution in [0.3, 0.4) is 0 Å². The van der Waals surface area contributed by atoms with Gasteiger partial charge in [0.25, 0.3) is 0 Å². The fourth-order valence-corrected chi connectivity index (χ4v) is 4.74. The van der Waals surface area contributed by atoms with E-state index < -0.39 is 21.6 Å². The average Bonchev–Trinajstić information content (AvgIpc) is 2.91. The molecular weight excluding hydrogens is 538 g/mol. The molecular formula is C26H21AsFN6O3. The van der Waals surface area contributed by atoms with Crippen molar-refractivity contribution in [1.29, 1.82) is 0 Å². The van der Waals surface area contributed by atoms with Crippen LogP contribution in [-0.2, 0) is 4.79 Å². The van der Waals surface area contributed by atoms with Gasteiger partial charge in [-0.2, -0.15) is 0 Å². The van der Waals surface area contributed by atoms with E-state index in [1.54, 1.807) is 48.5 Å². The normalized spacial score (nSPS) is 10.6. The molecule has 0 aliphatic carbocycles. The number of nitrogens with one attached hydrogen (secondary N) is 3. The van der Waals surface area contributed by atoms with Crippen molar-refractivity contribution in [2.45, 2.75) is 0 Å². The summed E-state index contributed by atoms with van der Waals surface area (Å²) in [5, 5.41) is 8.12. The van der Waals surface area contributed by atoms with Gasteiger partial charge < -0.3 is 0 Å². The summed E-state index contributed by atoms with van der Waals surface area (Å²) >= 11 is -0.631. The van der Waals surface area contributed by atoms with Gasteiger partial charge in [-0.3, -0.25) is 0 Å². The van der Waals surface area contributed by atoms with Gasteiger partial charge in [0, 0.05) is 0 Å². The first-order chi connectivity index (χ1) is 17.9. The van der Waals surface area contributed by atoms with Gasteiger partial charge in [0.15, 0.2) is 0 Å². The van der Waals surface area contributed by atoms with Gasteiger partial charge in [0.1, 0.15) is 0 Å². The molecule has 185 valence electrons. The van der Waals surface area contributed by atoms with E-state index in [0.29, 0.717) is 27.5 Å². The summed E-state index contributed by atoms with van der Waals surface area (Å²) in [7, 11) is 1.53. The molecule has 3 N–H and O–H groups in total. The number of benzene rings is 2. The fraction of sp³-hybridized carbons (Fsp3) is 0.0385. The predicted octanol–water partition coefficient (Wildman–Crippen LogP) is 2.69. The minimum absolute atomic E-state index is 0.0390. The van der Waals surface area contributed by atoms with E-state index in [4.69, 9.17) is 4.74 Å². The number of carbonyl (C=O) groups is 2. The van der Waals surface area contributed by atoms with Crippen molar-refractivity contribution in [3.8, 4) is 11.5 Å². The van der Waals surface area contributed by atoms with Crippen LogP contribution in [0.25, 0.3) is 0 Å². The maximum atomic E-state index is 14.4. The average molecular weight is 559 g/mol. The van der Waals surface area contributed by atoms with Gasteiger partial charge in [-0.05, 0) is 0 Å². The Morgan fingerprint density at radius 2 is 1.81 bits per heavy atom. The van der Waals surface area contributed by atoms with Crippen molar-refractivity contribution in [1.82, 2.24) is 20.3 Å². The number of nitrogens with zero attached hydrogens (tertiary/aromatic N) is 3. The number of ether oxygens (including phenoxy) is 1. The zero-order valence-electron chi connectivity index (χ0n) is 19.6. The molecule has 0 saturated heterocycles. The van der Waals surface area contributed by atoms with Gasteiger partial charge in [0.05, 0.1) is 0 Å². The number of hydrogen-bond acceptors (Lipinski definition) is 7. The van der Waals surface area contributed by atoms with Crippen LogP contribution in [0.2, 0.25) is 0 Å². The predicted molar refractivity (Wildman–Crippen MR) is 140 cm³/mol. The molecule has 4 aromatic rings. The zero-order chi connectivity index (χ0) is 26.2. The molecule has 2 heterocycles. The Morgan fingerprint density at radius 1 is 1.03 bits per heavy atom. The Balaban J connectivity index is 1.43. The SMILES string of the molecule is C=CC(=O)Nc1cccc(Nc2nc([As]c3ccc(Oc4ccnc(C(=O)NC)c4)cc3)ncc2F)c1. The summed E-state index contributed by atoms with van der Waals surface area (Å²) in [6.07, 6.45) is 3.80. The second kappa shape index (κ2) is 11.9. The van der Waals surface area contributed by atoms with Crippen molar-refractivity contribution in [3.05, 3.63) is 97.2 Å². The van der Waals surface area contributed by atoms with Crippen LogP contribution in [0.4, 0.5) is 21.6 Å². The number of anilines is 3. The molecule has 1 radical (unpaired) electrons. The molecule has 4 rings (SSSR count). The van der Waals surface area contributed by atoms with Gasteiger partial charge in [-0.1, -0.05) is 0 Å². The van der Waals surface area contributed by atoms with Crippen LogP contribution in [0.15, 0.2) is 85.7 Å². The van der Waals surface area contributed by atoms with Crippen molar-refractivity contribution in [2.24, 2.45) is 0 Å². The van der Waals surface area contributed by atoms with Crippen LogP contribution >= 0.6 is 0 Å². The second-order valence-electron chi connectivity index (χ2n) is 7.43. The number of rotatable bonds is 9. The molecule has 0 atom stereocenters. The van der Waals surface area contributed by atoms with E-state index in [2.05, 4.69) is 37.5 Å². The van der Waals surface area contributed by atoms with Crippen LogP contribution in [0.1, 0.15) is 10.5 Å². The molecule has 0 aliphatic rings. The van der Waals surface area contributed by atoms with Crippen LogP contribution in [0, 0.1) is 5.82 Å². The molecule has 0 spiro atoms. The number of pyridine rings is 1. The third-order valence-corrected chi connectivity index (χ3v) is 6.84. The minimum atomic E-state index is -0.631. The molecule has 0 saturated carbocycles. The summed E-state index contributed by atoms with van der Waals surface area (Å²) in [6.45, 7) is 3.42. The van der Waals surface area contributed by atoms with E-state index in [9.17, 15) is 14.0 Å². The third-order valence-electron chi connectivity index (χ3n) is 4.80. The Bertz CT molecular complexity index is 1450. The molecule has 37 heavy (non-hydrogen) atoms. The molecule has 2 aromatic heterocycles. The standard InChI is InChI=1S/C26H21AsFN6O3/c1-3-23(35)32-17-5-4-6-18(13-17)33-24-21(28)15-31-26(34-24)27-16-7-9-19(10-8-16)37-20-11-12-30-22(14-20)25(36)29-2/h3-15H,1H2,2H3,(H,29,36)(H,32,35)(H,31,33,34). The Labute approximate surface area is 218 Å². The summed E-state index contributed by atoms with van der Waals surface area (Å²) in [5.74, 6) is -0.127.